The van der Waals surface area contributed by atoms with Gasteiger partial charge in [0.05, 0.1) is 0 Å². The number of aromatic nitrogens is 1. The fourth-order valence-electron chi connectivity index (χ4n) is 6.92. The van der Waals surface area contributed by atoms with Crippen molar-refractivity contribution in [3.05, 3.63) is 59.8 Å². The van der Waals surface area contributed by atoms with Gasteiger partial charge < -0.3 is 20.9 Å². The van der Waals surface area contributed by atoms with Gasteiger partial charge in [0, 0.05) is 61.3 Å². The molecule has 0 bridgehead atoms. The molecule has 0 aliphatic carbocycles. The first-order valence-electron chi connectivity index (χ1n) is 14.6. The van der Waals surface area contributed by atoms with Crippen molar-refractivity contribution in [1.29, 1.82) is 0 Å². The number of anilines is 1. The molecule has 6 rings (SSSR count). The van der Waals surface area contributed by atoms with E-state index in [1.54, 1.807) is 26.9 Å². The van der Waals surface area contributed by atoms with Gasteiger partial charge in [0.2, 0.25) is 0 Å². The minimum absolute atomic E-state index is 0.0127. The zero-order chi connectivity index (χ0) is 29.8. The highest BCUT2D eigenvalue weighted by molar-refractivity contribution is 7.87. The molecule has 2 unspecified atom stereocenters. The molecule has 3 N–H and O–H groups in total. The second-order valence-electron chi connectivity index (χ2n) is 12.6. The normalized spacial score (nSPS) is 26.1. The van der Waals surface area contributed by atoms with Crippen LogP contribution in [0.1, 0.15) is 49.0 Å². The van der Waals surface area contributed by atoms with E-state index in [9.17, 15) is 13.2 Å². The zero-order valence-electron chi connectivity index (χ0n) is 24.7. The quantitative estimate of drug-likeness (QED) is 0.404. The molecular formula is C30H40N8O3S. The van der Waals surface area contributed by atoms with Crippen molar-refractivity contribution in [1.82, 2.24) is 23.4 Å². The molecule has 1 aromatic heterocycles. The molecule has 224 valence electrons. The number of nitrogens with zero attached hydrogens (tertiary/aromatic N) is 6. The van der Waals surface area contributed by atoms with E-state index in [4.69, 9.17) is 5.73 Å². The van der Waals surface area contributed by atoms with E-state index in [0.29, 0.717) is 36.6 Å². The summed E-state index contributed by atoms with van der Waals surface area (Å²) in [5, 5.41) is 3.11. The number of nitrogens with two attached hydrogens (primary N) is 1. The Morgan fingerprint density at radius 1 is 1.14 bits per heavy atom. The maximum absolute atomic E-state index is 13.1. The predicted octanol–water partition coefficient (Wildman–Crippen LogP) is 2.73. The van der Waals surface area contributed by atoms with Crippen LogP contribution in [0, 0.1) is 5.41 Å². The highest BCUT2D eigenvalue weighted by Crippen LogP contribution is 2.51. The summed E-state index contributed by atoms with van der Waals surface area (Å²) in [5.41, 5.74) is 9.44. The Labute approximate surface area is 248 Å². The molecule has 12 heteroatoms. The summed E-state index contributed by atoms with van der Waals surface area (Å²) >= 11 is 0. The first-order valence-corrected chi connectivity index (χ1v) is 16.0. The van der Waals surface area contributed by atoms with Crippen LogP contribution in [-0.2, 0) is 10.2 Å². The van der Waals surface area contributed by atoms with Crippen LogP contribution < -0.4 is 11.1 Å². The van der Waals surface area contributed by atoms with Crippen molar-refractivity contribution in [2.24, 2.45) is 16.1 Å². The van der Waals surface area contributed by atoms with Crippen molar-refractivity contribution in [3.8, 4) is 0 Å². The maximum Gasteiger partial charge on any atom is 0.282 e. The van der Waals surface area contributed by atoms with Crippen LogP contribution in [0.4, 0.5) is 11.5 Å². The van der Waals surface area contributed by atoms with Gasteiger partial charge in [-0.3, -0.25) is 4.79 Å². The molecule has 5 heterocycles. The lowest BCUT2D eigenvalue weighted by Gasteiger charge is -2.50. The minimum atomic E-state index is -3.43. The van der Waals surface area contributed by atoms with Crippen LogP contribution >= 0.6 is 0 Å². The van der Waals surface area contributed by atoms with Gasteiger partial charge >= 0.3 is 0 Å². The molecule has 4 aliphatic rings. The number of aliphatic imine (C=N–C) groups is 1. The van der Waals surface area contributed by atoms with Gasteiger partial charge in [-0.15, -0.1) is 0 Å². The summed E-state index contributed by atoms with van der Waals surface area (Å²) in [6, 6.07) is 11.1. The molecule has 1 aromatic carbocycles. The summed E-state index contributed by atoms with van der Waals surface area (Å²) in [6.07, 6.45) is 6.18. The number of carbonyl (C=O) groups excluding carboxylic acids is 1. The number of hydrogen-bond acceptors (Lipinski definition) is 6. The third-order valence-corrected chi connectivity index (χ3v) is 11.2. The lowest BCUT2D eigenvalue weighted by Crippen LogP contribution is -2.62. The third-order valence-electron chi connectivity index (χ3n) is 9.27. The molecule has 11 nitrogen and oxygen atoms in total. The van der Waals surface area contributed by atoms with Crippen LogP contribution in [0.3, 0.4) is 0 Å². The highest BCUT2D eigenvalue weighted by Gasteiger charge is 2.64. The molecule has 2 aromatic rings. The van der Waals surface area contributed by atoms with Gasteiger partial charge in [0.1, 0.15) is 0 Å². The summed E-state index contributed by atoms with van der Waals surface area (Å²) in [5.74, 6) is 0.656. The largest absolute Gasteiger partial charge is 0.369 e. The minimum Gasteiger partial charge on any atom is -0.369 e. The van der Waals surface area contributed by atoms with Gasteiger partial charge in [-0.05, 0) is 86.8 Å². The van der Waals surface area contributed by atoms with Crippen molar-refractivity contribution < 1.29 is 13.2 Å². The molecule has 1 amide bonds. The Morgan fingerprint density at radius 3 is 2.55 bits per heavy atom. The fraction of sp³-hybridized carbons (Fsp3) is 0.500. The number of guanidine groups is 1. The molecule has 42 heavy (non-hydrogen) atoms. The number of pyridine rings is 1. The molecular weight excluding hydrogens is 552 g/mol. The Balaban J connectivity index is 1.15. The molecule has 3 fully saturated rings. The van der Waals surface area contributed by atoms with E-state index in [1.807, 2.05) is 42.3 Å². The molecule has 2 atom stereocenters. The zero-order valence-corrected chi connectivity index (χ0v) is 25.5. The number of piperidine rings is 1. The van der Waals surface area contributed by atoms with Gasteiger partial charge in [0.25, 0.3) is 16.1 Å². The Bertz CT molecular complexity index is 1530. The standard InChI is InChI=1S/C30H40N8O3S/c1-30(2)19-38-26(30)25-18-21(11-17-37(25)42(38,40)41)24-6-5-14-32-27(24)34-29(31)33-22-9-7-20(8-10-22)28(39)36(4)23-12-15-35(3)16-13-23/h5-11,14,23,25-26H,12-13,15-19H2,1-4H3,(H3,31,32,33,34). The summed E-state index contributed by atoms with van der Waals surface area (Å²) in [4.78, 5) is 26.3. The van der Waals surface area contributed by atoms with E-state index in [1.165, 1.54) is 0 Å². The highest BCUT2D eigenvalue weighted by atomic mass is 32.2. The number of likely N-dealkylation sites (tertiary alicyclic amines) is 1. The maximum atomic E-state index is 13.1. The number of benzene rings is 1. The SMILES string of the molecule is CN1CCC(N(C)C(=O)c2ccc(NC(N)=Nc3ncccc3C3=CCN4C(C3)C3N(CC3(C)C)S4(=O)=O)cc2)CC1. The predicted molar refractivity (Wildman–Crippen MR) is 164 cm³/mol. The van der Waals surface area contributed by atoms with Gasteiger partial charge in [0.15, 0.2) is 11.8 Å². The van der Waals surface area contributed by atoms with E-state index in [0.717, 1.165) is 37.1 Å². The van der Waals surface area contributed by atoms with Crippen LogP contribution in [0.25, 0.3) is 5.57 Å². The van der Waals surface area contributed by atoms with Crippen LogP contribution in [-0.4, -0.2) is 102 Å². The second-order valence-corrected chi connectivity index (χ2v) is 14.4. The first kappa shape index (κ1) is 28.8. The number of hydrogen-bond donors (Lipinski definition) is 2. The summed E-state index contributed by atoms with van der Waals surface area (Å²) < 4.78 is 29.3. The lowest BCUT2D eigenvalue weighted by molar-refractivity contribution is 0.0114. The van der Waals surface area contributed by atoms with Gasteiger partial charge in [-0.1, -0.05) is 19.9 Å². The average Bonchev–Trinajstić information content (AvgIpc) is 3.15. The third kappa shape index (κ3) is 5.10. The lowest BCUT2D eigenvalue weighted by atomic mass is 9.71. The number of amides is 1. The summed E-state index contributed by atoms with van der Waals surface area (Å²) in [7, 11) is 0.567. The summed E-state index contributed by atoms with van der Waals surface area (Å²) in [6.45, 7) is 7.14. The van der Waals surface area contributed by atoms with Crippen LogP contribution in [0.2, 0.25) is 0 Å². The van der Waals surface area contributed by atoms with E-state index in [2.05, 4.69) is 41.1 Å². The number of rotatable bonds is 5. The average molecular weight is 593 g/mol. The topological polar surface area (TPSA) is 127 Å². The van der Waals surface area contributed by atoms with E-state index < -0.39 is 10.2 Å². The van der Waals surface area contributed by atoms with Gasteiger partial charge in [-0.2, -0.15) is 22.0 Å². The molecule has 0 spiro atoms. The first-order chi connectivity index (χ1) is 20.0. The second kappa shape index (κ2) is 10.7. The smallest absolute Gasteiger partial charge is 0.282 e. The fourth-order valence-corrected chi connectivity index (χ4v) is 9.19. The van der Waals surface area contributed by atoms with Crippen molar-refractivity contribution in [2.45, 2.75) is 51.2 Å². The Hall–Kier alpha value is -3.32. The molecule has 3 saturated heterocycles. The van der Waals surface area contributed by atoms with E-state index in [-0.39, 0.29) is 35.4 Å². The number of fused-ring (bicyclic) bond motifs is 3. The van der Waals surface area contributed by atoms with Gasteiger partial charge in [-0.25, -0.2) is 4.98 Å². The number of nitrogens with one attached hydrogen (secondary N) is 1. The monoisotopic (exact) mass is 592 g/mol. The van der Waals surface area contributed by atoms with Crippen molar-refractivity contribution in [3.63, 3.8) is 0 Å². The van der Waals surface area contributed by atoms with Crippen molar-refractivity contribution in [2.75, 3.05) is 45.6 Å². The van der Waals surface area contributed by atoms with E-state index >= 15 is 0 Å². The number of carbonyl (C=O) groups is 1. The molecule has 0 saturated carbocycles. The Morgan fingerprint density at radius 2 is 1.86 bits per heavy atom. The molecule has 4 aliphatic heterocycles. The van der Waals surface area contributed by atoms with Crippen LogP contribution in [0.5, 0.6) is 0 Å². The van der Waals surface area contributed by atoms with Crippen LogP contribution in [0.15, 0.2) is 53.7 Å². The Kier molecular flexibility index (Phi) is 7.37. The molecule has 0 radical (unpaired) electrons. The van der Waals surface area contributed by atoms with Crippen molar-refractivity contribution >= 4 is 39.2 Å².